The van der Waals surface area contributed by atoms with E-state index in [0.29, 0.717) is 5.92 Å². The van der Waals surface area contributed by atoms with Gasteiger partial charge in [0.05, 0.1) is 0 Å². The summed E-state index contributed by atoms with van der Waals surface area (Å²) in [6, 6.07) is 0.298. The highest BCUT2D eigenvalue weighted by Crippen LogP contribution is 2.29. The molecule has 0 aromatic carbocycles. The van der Waals surface area contributed by atoms with Crippen LogP contribution in [0.2, 0.25) is 0 Å². The van der Waals surface area contributed by atoms with Crippen LogP contribution in [0, 0.1) is 5.92 Å². The summed E-state index contributed by atoms with van der Waals surface area (Å²) >= 11 is 1.77. The van der Waals surface area contributed by atoms with Gasteiger partial charge >= 0.3 is 11.9 Å². The first-order chi connectivity index (χ1) is 10.6. The normalized spacial score (nSPS) is 23.0. The molecule has 1 aromatic heterocycles. The Kier molecular flexibility index (Phi) is 5.89. The molecule has 1 fully saturated rings. The third-order valence-electron chi connectivity index (χ3n) is 3.74. The van der Waals surface area contributed by atoms with Gasteiger partial charge in [-0.3, -0.25) is 4.72 Å². The molecule has 2 N–H and O–H groups in total. The molecule has 23 heavy (non-hydrogen) atoms. The molecule has 2 rings (SSSR count). The van der Waals surface area contributed by atoms with Crippen molar-refractivity contribution in [1.29, 1.82) is 0 Å². The lowest BCUT2D eigenvalue weighted by Crippen LogP contribution is -2.30. The Bertz CT molecular complexity index is 490. The van der Waals surface area contributed by atoms with Gasteiger partial charge in [0, 0.05) is 24.3 Å². The van der Waals surface area contributed by atoms with Crippen LogP contribution in [0.3, 0.4) is 0 Å². The van der Waals surface area contributed by atoms with Crippen molar-refractivity contribution < 1.29 is 13.3 Å². The van der Waals surface area contributed by atoms with E-state index in [2.05, 4.69) is 41.0 Å². The molecule has 0 saturated heterocycles. The summed E-state index contributed by atoms with van der Waals surface area (Å²) in [6.45, 7) is 8.31. The number of nitrogens with zero attached hydrogens (tertiary/aromatic N) is 2. The van der Waals surface area contributed by atoms with Gasteiger partial charge in [0.2, 0.25) is 5.82 Å². The van der Waals surface area contributed by atoms with E-state index >= 15 is 0 Å². The second kappa shape index (κ2) is 7.34. The van der Waals surface area contributed by atoms with E-state index < -0.39 is 11.7 Å². The summed E-state index contributed by atoms with van der Waals surface area (Å²) in [6.07, 6.45) is 4.15. The summed E-state index contributed by atoms with van der Waals surface area (Å²) in [5.74, 6) is -2.99. The van der Waals surface area contributed by atoms with Gasteiger partial charge in [-0.25, -0.2) is 0 Å². The molecule has 1 aliphatic rings. The minimum Gasteiger partial charge on any atom is -0.335 e. The van der Waals surface area contributed by atoms with E-state index in [-0.39, 0.29) is 16.8 Å². The van der Waals surface area contributed by atoms with E-state index in [1.807, 2.05) is 0 Å². The maximum absolute atomic E-state index is 13.1. The average molecular weight is 348 g/mol. The lowest BCUT2D eigenvalue weighted by Gasteiger charge is -2.29. The van der Waals surface area contributed by atoms with Gasteiger partial charge in [0.1, 0.15) is 0 Å². The van der Waals surface area contributed by atoms with Crippen LogP contribution < -0.4 is 10.0 Å². The molecule has 0 spiro atoms. The Balaban J connectivity index is 1.71. The van der Waals surface area contributed by atoms with Crippen molar-refractivity contribution >= 4 is 18.0 Å². The maximum Gasteiger partial charge on any atom is 0.321 e. The van der Waals surface area contributed by atoms with E-state index in [0.717, 1.165) is 39.2 Å². The van der Waals surface area contributed by atoms with Crippen molar-refractivity contribution in [3.63, 3.8) is 0 Å². The van der Waals surface area contributed by atoms with Crippen LogP contribution in [-0.4, -0.2) is 27.5 Å². The van der Waals surface area contributed by atoms with Crippen molar-refractivity contribution in [3.8, 4) is 0 Å². The Labute approximate surface area is 140 Å². The van der Waals surface area contributed by atoms with E-state index in [9.17, 15) is 8.78 Å². The third kappa shape index (κ3) is 6.25. The number of hydrogen-bond acceptors (Lipinski definition) is 6. The van der Waals surface area contributed by atoms with E-state index in [4.69, 9.17) is 4.52 Å². The van der Waals surface area contributed by atoms with Crippen molar-refractivity contribution in [2.45, 2.75) is 70.1 Å². The number of halogens is 2. The predicted molar refractivity (Wildman–Crippen MR) is 88.6 cm³/mol. The number of alkyl halides is 2. The van der Waals surface area contributed by atoms with Crippen LogP contribution in [0.15, 0.2) is 4.52 Å². The Hall–Kier alpha value is -0.890. The van der Waals surface area contributed by atoms with E-state index in [1.54, 1.807) is 11.9 Å². The van der Waals surface area contributed by atoms with Gasteiger partial charge in [-0.15, -0.1) is 0 Å². The Morgan fingerprint density at radius 3 is 2.35 bits per heavy atom. The second-order valence-electron chi connectivity index (χ2n) is 7.24. The first-order valence-electron chi connectivity index (χ1n) is 8.03. The zero-order valence-electron chi connectivity index (χ0n) is 14.2. The van der Waals surface area contributed by atoms with E-state index in [1.165, 1.54) is 0 Å². The first kappa shape index (κ1) is 18.4. The van der Waals surface area contributed by atoms with Crippen molar-refractivity contribution in [2.24, 2.45) is 5.92 Å². The maximum atomic E-state index is 13.1. The molecule has 0 aliphatic heterocycles. The van der Waals surface area contributed by atoms with Crippen LogP contribution in [0.5, 0.6) is 0 Å². The molecule has 0 bridgehead atoms. The quantitative estimate of drug-likeness (QED) is 0.752. The predicted octanol–water partition coefficient (Wildman–Crippen LogP) is 4.19. The van der Waals surface area contributed by atoms with Gasteiger partial charge < -0.3 is 9.84 Å². The highest BCUT2D eigenvalue weighted by Gasteiger charge is 2.31. The minimum atomic E-state index is -3.07. The summed E-state index contributed by atoms with van der Waals surface area (Å²) in [7, 11) is 0. The monoisotopic (exact) mass is 348 g/mol. The summed E-state index contributed by atoms with van der Waals surface area (Å²) < 4.78 is 34.7. The van der Waals surface area contributed by atoms with Gasteiger partial charge in [-0.2, -0.15) is 13.8 Å². The van der Waals surface area contributed by atoms with Crippen molar-refractivity contribution in [3.05, 3.63) is 5.82 Å². The number of rotatable bonds is 6. The number of nitrogens with one attached hydrogen (secondary N) is 2. The molecule has 0 atom stereocenters. The van der Waals surface area contributed by atoms with Crippen LogP contribution in [0.25, 0.3) is 0 Å². The molecule has 0 amide bonds. The molecular formula is C15H26F2N4OS. The van der Waals surface area contributed by atoms with Crippen LogP contribution in [-0.2, 0) is 5.92 Å². The zero-order valence-corrected chi connectivity index (χ0v) is 15.0. The smallest absolute Gasteiger partial charge is 0.321 e. The lowest BCUT2D eigenvalue weighted by molar-refractivity contribution is 0.00559. The Morgan fingerprint density at radius 2 is 1.83 bits per heavy atom. The SMILES string of the molecule is CC(C)(C)SNCC1CCC(Nc2nc(C(C)(F)F)no2)CC1. The minimum absolute atomic E-state index is 0.0892. The summed E-state index contributed by atoms with van der Waals surface area (Å²) in [5, 5.41) is 6.40. The fourth-order valence-electron chi connectivity index (χ4n) is 2.52. The fraction of sp³-hybridized carbons (Fsp3) is 0.867. The highest BCUT2D eigenvalue weighted by atomic mass is 32.2. The molecule has 8 heteroatoms. The molecule has 0 radical (unpaired) electrons. The molecule has 5 nitrogen and oxygen atoms in total. The summed E-state index contributed by atoms with van der Waals surface area (Å²) in [4.78, 5) is 3.72. The molecule has 1 saturated carbocycles. The topological polar surface area (TPSA) is 63.0 Å². The molecule has 132 valence electrons. The molecule has 1 aliphatic carbocycles. The molecule has 1 heterocycles. The highest BCUT2D eigenvalue weighted by molar-refractivity contribution is 7.98. The van der Waals surface area contributed by atoms with Gasteiger partial charge in [-0.05, 0) is 52.4 Å². The summed E-state index contributed by atoms with van der Waals surface area (Å²) in [5.41, 5.74) is 0. The number of anilines is 1. The first-order valence-corrected chi connectivity index (χ1v) is 8.84. The second-order valence-corrected chi connectivity index (χ2v) is 8.95. The standard InChI is InChI=1S/C15H26F2N4OS/c1-14(2,3)23-18-9-10-5-7-11(8-6-10)19-13-20-12(21-22-13)15(4,16)17/h10-11,18H,5-9H2,1-4H3,(H,19,20,21). The lowest BCUT2D eigenvalue weighted by atomic mass is 9.86. The van der Waals surface area contributed by atoms with Crippen molar-refractivity contribution in [1.82, 2.24) is 14.9 Å². The molecule has 0 unspecified atom stereocenters. The molecular weight excluding hydrogens is 322 g/mol. The third-order valence-corrected chi connectivity index (χ3v) is 4.67. The number of hydrogen-bond donors (Lipinski definition) is 2. The van der Waals surface area contributed by atoms with Crippen LogP contribution >= 0.6 is 11.9 Å². The van der Waals surface area contributed by atoms with Crippen LogP contribution in [0.4, 0.5) is 14.8 Å². The fourth-order valence-corrected chi connectivity index (χ4v) is 3.27. The molecule has 1 aromatic rings. The zero-order chi connectivity index (χ0) is 17.1. The van der Waals surface area contributed by atoms with Gasteiger partial charge in [0.25, 0.3) is 0 Å². The van der Waals surface area contributed by atoms with Crippen molar-refractivity contribution in [2.75, 3.05) is 11.9 Å². The Morgan fingerprint density at radius 1 is 1.17 bits per heavy atom. The van der Waals surface area contributed by atoms with Crippen LogP contribution in [0.1, 0.15) is 59.2 Å². The average Bonchev–Trinajstić information content (AvgIpc) is 2.88. The van der Waals surface area contributed by atoms with Gasteiger partial charge in [-0.1, -0.05) is 17.1 Å². The van der Waals surface area contributed by atoms with Gasteiger partial charge in [0.15, 0.2) is 0 Å². The largest absolute Gasteiger partial charge is 0.335 e. The number of aromatic nitrogens is 2.